The van der Waals surface area contributed by atoms with E-state index in [-0.39, 0.29) is 11.4 Å². The number of nitrogens with zero attached hydrogens (tertiary/aromatic N) is 3. The summed E-state index contributed by atoms with van der Waals surface area (Å²) in [5.74, 6) is 0.295. The molecule has 0 radical (unpaired) electrons. The minimum absolute atomic E-state index is 0.0363. The average Bonchev–Trinajstić information content (AvgIpc) is 2.54. The highest BCUT2D eigenvalue weighted by atomic mass is 16.2. The van der Waals surface area contributed by atoms with Gasteiger partial charge in [-0.15, -0.1) is 0 Å². The normalized spacial score (nSPS) is 22.0. The first-order chi connectivity index (χ1) is 10.00. The summed E-state index contributed by atoms with van der Waals surface area (Å²) in [5.41, 5.74) is -0.182. The van der Waals surface area contributed by atoms with Crippen LogP contribution in [0.25, 0.3) is 0 Å². The summed E-state index contributed by atoms with van der Waals surface area (Å²) in [5, 5.41) is 3.34. The van der Waals surface area contributed by atoms with Crippen molar-refractivity contribution in [2.45, 2.75) is 26.2 Å². The number of carbonyl (C=O) groups excluding carboxylic acids is 2. The minimum Gasteiger partial charge on any atom is -0.339 e. The molecule has 0 aromatic rings. The molecular formula is C15H28N4O2. The van der Waals surface area contributed by atoms with Crippen molar-refractivity contribution in [3.8, 4) is 0 Å². The Balaban J connectivity index is 1.95. The molecule has 0 aliphatic carbocycles. The molecule has 0 unspecified atom stereocenters. The first-order valence-electron chi connectivity index (χ1n) is 7.96. The third-order valence-corrected chi connectivity index (χ3v) is 4.91. The van der Waals surface area contributed by atoms with Crippen LogP contribution < -0.4 is 5.32 Å². The molecule has 120 valence electrons. The largest absolute Gasteiger partial charge is 0.339 e. The van der Waals surface area contributed by atoms with E-state index in [1.54, 1.807) is 19.0 Å². The SMILES string of the molecule is CCC1(C(=O)N2CCN(C(=O)N(C)C)CC2)CCNCC1. The first-order valence-corrected chi connectivity index (χ1v) is 7.96. The second kappa shape index (κ2) is 6.64. The summed E-state index contributed by atoms with van der Waals surface area (Å²) in [4.78, 5) is 30.2. The number of hydrogen-bond acceptors (Lipinski definition) is 3. The fourth-order valence-electron chi connectivity index (χ4n) is 3.34. The molecule has 3 amide bonds. The van der Waals surface area contributed by atoms with Crippen molar-refractivity contribution in [2.24, 2.45) is 5.41 Å². The van der Waals surface area contributed by atoms with Gasteiger partial charge in [0.1, 0.15) is 0 Å². The quantitative estimate of drug-likeness (QED) is 0.811. The first kappa shape index (κ1) is 16.1. The number of rotatable bonds is 2. The average molecular weight is 296 g/mol. The highest BCUT2D eigenvalue weighted by molar-refractivity contribution is 5.83. The molecular weight excluding hydrogens is 268 g/mol. The summed E-state index contributed by atoms with van der Waals surface area (Å²) < 4.78 is 0. The van der Waals surface area contributed by atoms with Gasteiger partial charge in [0.05, 0.1) is 5.41 Å². The van der Waals surface area contributed by atoms with E-state index in [0.29, 0.717) is 32.1 Å². The molecule has 0 saturated carbocycles. The van der Waals surface area contributed by atoms with Gasteiger partial charge in [-0.1, -0.05) is 6.92 Å². The van der Waals surface area contributed by atoms with Crippen LogP contribution in [-0.4, -0.2) is 80.0 Å². The number of amides is 3. The van der Waals surface area contributed by atoms with E-state index in [9.17, 15) is 9.59 Å². The van der Waals surface area contributed by atoms with E-state index in [4.69, 9.17) is 0 Å². The molecule has 6 nitrogen and oxygen atoms in total. The van der Waals surface area contributed by atoms with Crippen molar-refractivity contribution in [2.75, 3.05) is 53.4 Å². The maximum Gasteiger partial charge on any atom is 0.319 e. The standard InChI is InChI=1S/C15H28N4O2/c1-4-15(5-7-16-8-6-15)13(20)18-9-11-19(12-10-18)14(21)17(2)3/h16H,4-12H2,1-3H3. The van der Waals surface area contributed by atoms with Gasteiger partial charge in [-0.05, 0) is 32.4 Å². The lowest BCUT2D eigenvalue weighted by Gasteiger charge is -2.43. The maximum absolute atomic E-state index is 12.9. The van der Waals surface area contributed by atoms with Crippen molar-refractivity contribution < 1.29 is 9.59 Å². The van der Waals surface area contributed by atoms with Crippen molar-refractivity contribution in [3.63, 3.8) is 0 Å². The zero-order valence-corrected chi connectivity index (χ0v) is 13.5. The second-order valence-electron chi connectivity index (χ2n) is 6.34. The van der Waals surface area contributed by atoms with Crippen LogP contribution in [0.5, 0.6) is 0 Å². The Kier molecular flexibility index (Phi) is 5.08. The molecule has 0 bridgehead atoms. The van der Waals surface area contributed by atoms with Crippen molar-refractivity contribution in [1.82, 2.24) is 20.0 Å². The van der Waals surface area contributed by atoms with E-state index >= 15 is 0 Å². The number of nitrogens with one attached hydrogen (secondary N) is 1. The molecule has 2 aliphatic rings. The highest BCUT2D eigenvalue weighted by Gasteiger charge is 2.41. The Morgan fingerprint density at radius 3 is 2.05 bits per heavy atom. The van der Waals surface area contributed by atoms with E-state index in [1.807, 2.05) is 9.80 Å². The lowest BCUT2D eigenvalue weighted by molar-refractivity contribution is -0.145. The monoisotopic (exact) mass is 296 g/mol. The Hall–Kier alpha value is -1.30. The van der Waals surface area contributed by atoms with Gasteiger partial charge in [-0.25, -0.2) is 4.79 Å². The molecule has 1 N–H and O–H groups in total. The Morgan fingerprint density at radius 1 is 1.05 bits per heavy atom. The smallest absolute Gasteiger partial charge is 0.319 e. The van der Waals surface area contributed by atoms with Gasteiger partial charge < -0.3 is 20.0 Å². The molecule has 2 fully saturated rings. The van der Waals surface area contributed by atoms with Gasteiger partial charge in [0.25, 0.3) is 0 Å². The fourth-order valence-corrected chi connectivity index (χ4v) is 3.34. The van der Waals surface area contributed by atoms with E-state index < -0.39 is 0 Å². The van der Waals surface area contributed by atoms with Crippen LogP contribution in [-0.2, 0) is 4.79 Å². The molecule has 21 heavy (non-hydrogen) atoms. The van der Waals surface area contributed by atoms with Crippen molar-refractivity contribution in [3.05, 3.63) is 0 Å². The molecule has 0 aromatic heterocycles. The molecule has 0 aromatic carbocycles. The number of piperidine rings is 1. The topological polar surface area (TPSA) is 55.9 Å². The maximum atomic E-state index is 12.9. The predicted octanol–water partition coefficient (Wildman–Crippen LogP) is 0.592. The number of urea groups is 1. The summed E-state index contributed by atoms with van der Waals surface area (Å²) in [7, 11) is 3.53. The van der Waals surface area contributed by atoms with E-state index in [2.05, 4.69) is 12.2 Å². The molecule has 0 spiro atoms. The summed E-state index contributed by atoms with van der Waals surface area (Å²) in [6, 6.07) is 0.0363. The van der Waals surface area contributed by atoms with Crippen LogP contribution in [0, 0.1) is 5.41 Å². The van der Waals surface area contributed by atoms with Crippen LogP contribution >= 0.6 is 0 Å². The van der Waals surface area contributed by atoms with Gasteiger partial charge >= 0.3 is 6.03 Å². The summed E-state index contributed by atoms with van der Waals surface area (Å²) >= 11 is 0. The number of hydrogen-bond donors (Lipinski definition) is 1. The predicted molar refractivity (Wildman–Crippen MR) is 82.1 cm³/mol. The molecule has 2 saturated heterocycles. The molecule has 2 heterocycles. The fraction of sp³-hybridized carbons (Fsp3) is 0.867. The lowest BCUT2D eigenvalue weighted by Crippen LogP contribution is -2.57. The Labute approximate surface area is 127 Å². The van der Waals surface area contributed by atoms with Crippen molar-refractivity contribution >= 4 is 11.9 Å². The number of carbonyl (C=O) groups is 2. The van der Waals surface area contributed by atoms with Crippen LogP contribution in [0.1, 0.15) is 26.2 Å². The van der Waals surface area contributed by atoms with Crippen LogP contribution in [0.3, 0.4) is 0 Å². The number of piperazine rings is 1. The van der Waals surface area contributed by atoms with Gasteiger partial charge in [0.2, 0.25) is 5.91 Å². The Bertz CT molecular complexity index is 383. The van der Waals surface area contributed by atoms with Gasteiger partial charge in [-0.3, -0.25) is 4.79 Å². The highest BCUT2D eigenvalue weighted by Crippen LogP contribution is 2.35. The molecule has 2 rings (SSSR count). The van der Waals surface area contributed by atoms with Crippen LogP contribution in [0.15, 0.2) is 0 Å². The zero-order chi connectivity index (χ0) is 15.5. The molecule has 0 atom stereocenters. The van der Waals surface area contributed by atoms with E-state index in [1.165, 1.54) is 0 Å². The minimum atomic E-state index is -0.182. The van der Waals surface area contributed by atoms with Crippen LogP contribution in [0.4, 0.5) is 4.79 Å². The third kappa shape index (κ3) is 3.31. The third-order valence-electron chi connectivity index (χ3n) is 4.91. The zero-order valence-electron chi connectivity index (χ0n) is 13.5. The van der Waals surface area contributed by atoms with E-state index in [0.717, 1.165) is 32.4 Å². The van der Waals surface area contributed by atoms with Gasteiger partial charge in [-0.2, -0.15) is 0 Å². The second-order valence-corrected chi connectivity index (χ2v) is 6.34. The Morgan fingerprint density at radius 2 is 1.57 bits per heavy atom. The summed E-state index contributed by atoms with van der Waals surface area (Å²) in [6.07, 6.45) is 2.77. The van der Waals surface area contributed by atoms with Crippen molar-refractivity contribution in [1.29, 1.82) is 0 Å². The lowest BCUT2D eigenvalue weighted by atomic mass is 9.75. The van der Waals surface area contributed by atoms with Gasteiger partial charge in [0, 0.05) is 40.3 Å². The molecule has 6 heteroatoms. The van der Waals surface area contributed by atoms with Crippen LogP contribution in [0.2, 0.25) is 0 Å². The van der Waals surface area contributed by atoms with Gasteiger partial charge in [0.15, 0.2) is 0 Å². The molecule has 2 aliphatic heterocycles. The summed E-state index contributed by atoms with van der Waals surface area (Å²) in [6.45, 7) is 6.58.